The maximum Gasteiger partial charge on any atom is 0.339 e. The molecule has 104 valence electrons. The number of aromatic carboxylic acids is 1. The minimum Gasteiger partial charge on any atom is -0.478 e. The Balaban J connectivity index is 2.44. The lowest BCUT2D eigenvalue weighted by molar-refractivity contribution is 0.0694. The molecule has 0 aliphatic carbocycles. The van der Waals surface area contributed by atoms with Gasteiger partial charge in [-0.3, -0.25) is 0 Å². The molecule has 0 amide bonds. The second kappa shape index (κ2) is 5.37. The second-order valence-electron chi connectivity index (χ2n) is 5.65. The number of ether oxygens (including phenoxy) is 1. The lowest BCUT2D eigenvalue weighted by Gasteiger charge is -2.22. The summed E-state index contributed by atoms with van der Waals surface area (Å²) in [4.78, 5) is 11.2. The Morgan fingerprint density at radius 2 is 1.50 bits per heavy atom. The monoisotopic (exact) mass is 270 g/mol. The molecule has 3 heteroatoms. The van der Waals surface area contributed by atoms with Crippen molar-refractivity contribution >= 4 is 5.97 Å². The normalized spacial score (nSPS) is 11.2. The molecule has 2 aromatic carbocycles. The highest BCUT2D eigenvalue weighted by atomic mass is 16.5. The van der Waals surface area contributed by atoms with Crippen LogP contribution < -0.4 is 4.74 Å². The van der Waals surface area contributed by atoms with E-state index in [4.69, 9.17) is 4.74 Å². The molecule has 0 spiro atoms. The maximum atomic E-state index is 11.2. The van der Waals surface area contributed by atoms with Crippen molar-refractivity contribution in [1.29, 1.82) is 0 Å². The van der Waals surface area contributed by atoms with E-state index >= 15 is 0 Å². The van der Waals surface area contributed by atoms with Crippen molar-refractivity contribution < 1.29 is 14.6 Å². The minimum absolute atomic E-state index is 0.0746. The van der Waals surface area contributed by atoms with E-state index in [1.165, 1.54) is 6.07 Å². The largest absolute Gasteiger partial charge is 0.478 e. The number of hydrogen-bond donors (Lipinski definition) is 1. The summed E-state index contributed by atoms with van der Waals surface area (Å²) < 4.78 is 5.85. The Labute approximate surface area is 118 Å². The third kappa shape index (κ3) is 2.99. The number of carboxylic acid groups (broad SMARTS) is 1. The summed E-state index contributed by atoms with van der Waals surface area (Å²) in [5.41, 5.74) is 1.13. The van der Waals surface area contributed by atoms with Crippen LogP contribution in [0.3, 0.4) is 0 Å². The zero-order valence-electron chi connectivity index (χ0n) is 11.9. The maximum absolute atomic E-state index is 11.2. The number of carbonyl (C=O) groups is 1. The van der Waals surface area contributed by atoms with Gasteiger partial charge in [-0.25, -0.2) is 4.79 Å². The standard InChI is InChI=1S/C17H18O3/c1-17(2,3)13-9-5-7-11-15(13)20-14-10-6-4-8-12(14)16(18)19/h4-11H,1-3H3,(H,18,19). The lowest BCUT2D eigenvalue weighted by Crippen LogP contribution is -2.12. The van der Waals surface area contributed by atoms with Gasteiger partial charge in [0.1, 0.15) is 17.1 Å². The van der Waals surface area contributed by atoms with Crippen LogP contribution in [0.2, 0.25) is 0 Å². The molecule has 2 rings (SSSR count). The summed E-state index contributed by atoms with van der Waals surface area (Å²) in [6.07, 6.45) is 0. The molecule has 0 aliphatic heterocycles. The quantitative estimate of drug-likeness (QED) is 0.894. The van der Waals surface area contributed by atoms with Crippen LogP contribution in [0.25, 0.3) is 0 Å². The Morgan fingerprint density at radius 3 is 2.10 bits per heavy atom. The third-order valence-electron chi connectivity index (χ3n) is 3.03. The molecule has 0 fully saturated rings. The first-order valence-electron chi connectivity index (χ1n) is 6.49. The fraction of sp³-hybridized carbons (Fsp3) is 0.235. The molecule has 3 nitrogen and oxygen atoms in total. The van der Waals surface area contributed by atoms with E-state index in [0.29, 0.717) is 11.5 Å². The van der Waals surface area contributed by atoms with Crippen molar-refractivity contribution in [2.24, 2.45) is 0 Å². The zero-order valence-corrected chi connectivity index (χ0v) is 11.9. The van der Waals surface area contributed by atoms with E-state index in [1.807, 2.05) is 24.3 Å². The number of para-hydroxylation sites is 2. The molecule has 0 aliphatic rings. The fourth-order valence-electron chi connectivity index (χ4n) is 2.03. The van der Waals surface area contributed by atoms with Crippen LogP contribution in [0, 0.1) is 0 Å². The highest BCUT2D eigenvalue weighted by Gasteiger charge is 2.20. The summed E-state index contributed by atoms with van der Waals surface area (Å²) >= 11 is 0. The Morgan fingerprint density at radius 1 is 0.950 bits per heavy atom. The molecule has 0 unspecified atom stereocenters. The molecule has 0 saturated heterocycles. The zero-order chi connectivity index (χ0) is 14.8. The van der Waals surface area contributed by atoms with Gasteiger partial charge in [-0.2, -0.15) is 0 Å². The van der Waals surface area contributed by atoms with Gasteiger partial charge in [0, 0.05) is 5.56 Å². The molecule has 0 saturated carbocycles. The summed E-state index contributed by atoms with van der Waals surface area (Å²) in [7, 11) is 0. The van der Waals surface area contributed by atoms with E-state index in [1.54, 1.807) is 18.2 Å². The lowest BCUT2D eigenvalue weighted by atomic mass is 9.86. The van der Waals surface area contributed by atoms with Gasteiger partial charge in [0.15, 0.2) is 0 Å². The Kier molecular flexibility index (Phi) is 3.79. The molecule has 0 atom stereocenters. The third-order valence-corrected chi connectivity index (χ3v) is 3.03. The SMILES string of the molecule is CC(C)(C)c1ccccc1Oc1ccccc1C(=O)O. The van der Waals surface area contributed by atoms with E-state index < -0.39 is 5.97 Å². The molecule has 0 radical (unpaired) electrons. The summed E-state index contributed by atoms with van der Waals surface area (Å²) in [5.74, 6) is 0.0549. The smallest absolute Gasteiger partial charge is 0.339 e. The van der Waals surface area contributed by atoms with Crippen LogP contribution in [0.4, 0.5) is 0 Å². The molecule has 2 aromatic rings. The Hall–Kier alpha value is -2.29. The summed E-state index contributed by atoms with van der Waals surface area (Å²) in [6, 6.07) is 14.4. The predicted octanol–water partition coefficient (Wildman–Crippen LogP) is 4.47. The van der Waals surface area contributed by atoms with Gasteiger partial charge >= 0.3 is 5.97 Å². The van der Waals surface area contributed by atoms with Crippen LogP contribution in [0.1, 0.15) is 36.7 Å². The van der Waals surface area contributed by atoms with Crippen molar-refractivity contribution in [3.8, 4) is 11.5 Å². The summed E-state index contributed by atoms with van der Waals surface area (Å²) in [6.45, 7) is 6.29. The molecule has 0 heterocycles. The number of hydrogen-bond acceptors (Lipinski definition) is 2. The van der Waals surface area contributed by atoms with Crippen LogP contribution >= 0.6 is 0 Å². The van der Waals surface area contributed by atoms with Crippen LogP contribution in [0.5, 0.6) is 11.5 Å². The topological polar surface area (TPSA) is 46.5 Å². The molecular weight excluding hydrogens is 252 g/mol. The van der Waals surface area contributed by atoms with Crippen LogP contribution in [-0.2, 0) is 5.41 Å². The van der Waals surface area contributed by atoms with E-state index in [2.05, 4.69) is 20.8 Å². The van der Waals surface area contributed by atoms with Crippen LogP contribution in [-0.4, -0.2) is 11.1 Å². The molecule has 0 bridgehead atoms. The van der Waals surface area contributed by atoms with Gasteiger partial charge in [-0.1, -0.05) is 51.1 Å². The second-order valence-corrected chi connectivity index (χ2v) is 5.65. The van der Waals surface area contributed by atoms with Gasteiger partial charge in [-0.15, -0.1) is 0 Å². The first-order chi connectivity index (χ1) is 9.39. The highest BCUT2D eigenvalue weighted by Crippen LogP contribution is 2.34. The van der Waals surface area contributed by atoms with Gasteiger partial charge < -0.3 is 9.84 Å². The van der Waals surface area contributed by atoms with Crippen molar-refractivity contribution in [1.82, 2.24) is 0 Å². The van der Waals surface area contributed by atoms with E-state index in [9.17, 15) is 9.90 Å². The average molecular weight is 270 g/mol. The fourth-order valence-corrected chi connectivity index (χ4v) is 2.03. The molecular formula is C17H18O3. The van der Waals surface area contributed by atoms with Crippen molar-refractivity contribution in [2.45, 2.75) is 26.2 Å². The number of carboxylic acids is 1. The Bertz CT molecular complexity index is 624. The average Bonchev–Trinajstić information content (AvgIpc) is 2.38. The van der Waals surface area contributed by atoms with Crippen molar-refractivity contribution in [2.75, 3.05) is 0 Å². The van der Waals surface area contributed by atoms with Gasteiger partial charge in [0.2, 0.25) is 0 Å². The minimum atomic E-state index is -0.992. The summed E-state index contributed by atoms with van der Waals surface area (Å²) in [5, 5.41) is 9.19. The van der Waals surface area contributed by atoms with Crippen LogP contribution in [0.15, 0.2) is 48.5 Å². The first kappa shape index (κ1) is 14.1. The molecule has 20 heavy (non-hydrogen) atoms. The molecule has 1 N–H and O–H groups in total. The van der Waals surface area contributed by atoms with Gasteiger partial charge in [0.25, 0.3) is 0 Å². The van der Waals surface area contributed by atoms with E-state index in [-0.39, 0.29) is 11.0 Å². The highest BCUT2D eigenvalue weighted by molar-refractivity contribution is 5.90. The molecule has 0 aromatic heterocycles. The van der Waals surface area contributed by atoms with Gasteiger partial charge in [0.05, 0.1) is 0 Å². The van der Waals surface area contributed by atoms with Crippen molar-refractivity contribution in [3.63, 3.8) is 0 Å². The number of benzene rings is 2. The number of rotatable bonds is 3. The van der Waals surface area contributed by atoms with Gasteiger partial charge in [-0.05, 0) is 23.6 Å². The van der Waals surface area contributed by atoms with E-state index in [0.717, 1.165) is 5.56 Å². The first-order valence-corrected chi connectivity index (χ1v) is 6.49. The van der Waals surface area contributed by atoms with Crippen molar-refractivity contribution in [3.05, 3.63) is 59.7 Å². The predicted molar refractivity (Wildman–Crippen MR) is 78.6 cm³/mol.